The molecule has 4 nitrogen and oxygen atoms in total. The maximum absolute atomic E-state index is 11.5. The van der Waals surface area contributed by atoms with Crippen molar-refractivity contribution in [3.05, 3.63) is 22.3 Å². The van der Waals surface area contributed by atoms with Crippen LogP contribution in [0.2, 0.25) is 0 Å². The van der Waals surface area contributed by atoms with E-state index < -0.39 is 0 Å². The molecule has 5 heteroatoms. The number of halogens is 1. The van der Waals surface area contributed by atoms with E-state index in [1.165, 1.54) is 12.8 Å². The van der Waals surface area contributed by atoms with Crippen LogP contribution in [0.25, 0.3) is 0 Å². The number of carbonyl (C=O) groups excluding carboxylic acids is 1. The summed E-state index contributed by atoms with van der Waals surface area (Å²) in [7, 11) is 0. The summed E-state index contributed by atoms with van der Waals surface area (Å²) < 4.78 is 6.23. The number of aromatic nitrogens is 1. The van der Waals surface area contributed by atoms with Crippen molar-refractivity contribution in [3.63, 3.8) is 0 Å². The Labute approximate surface area is 109 Å². The van der Waals surface area contributed by atoms with Crippen molar-refractivity contribution in [3.8, 4) is 0 Å². The summed E-state index contributed by atoms with van der Waals surface area (Å²) in [5.41, 5.74) is 1.04. The van der Waals surface area contributed by atoms with Gasteiger partial charge in [-0.25, -0.2) is 4.98 Å². The van der Waals surface area contributed by atoms with E-state index in [0.717, 1.165) is 10.0 Å². The molecule has 0 aliphatic heterocycles. The average molecular weight is 299 g/mol. The van der Waals surface area contributed by atoms with Crippen LogP contribution in [0.1, 0.15) is 18.4 Å². The second-order valence-electron chi connectivity index (χ2n) is 4.33. The van der Waals surface area contributed by atoms with Crippen LogP contribution < -0.4 is 5.32 Å². The molecule has 0 aromatic carbocycles. The van der Waals surface area contributed by atoms with Crippen LogP contribution in [0.5, 0.6) is 0 Å². The van der Waals surface area contributed by atoms with Crippen molar-refractivity contribution in [1.82, 2.24) is 4.98 Å². The van der Waals surface area contributed by atoms with Crippen LogP contribution in [0, 0.1) is 12.8 Å². The van der Waals surface area contributed by atoms with E-state index in [1.807, 2.05) is 13.0 Å². The Bertz CT molecular complexity index is 419. The highest BCUT2D eigenvalue weighted by molar-refractivity contribution is 9.10. The van der Waals surface area contributed by atoms with Crippen molar-refractivity contribution < 1.29 is 9.53 Å². The van der Waals surface area contributed by atoms with Crippen molar-refractivity contribution >= 4 is 27.7 Å². The molecule has 1 heterocycles. The lowest BCUT2D eigenvalue weighted by molar-refractivity contribution is -0.120. The second-order valence-corrected chi connectivity index (χ2v) is 5.18. The Morgan fingerprint density at radius 3 is 3.06 bits per heavy atom. The summed E-state index contributed by atoms with van der Waals surface area (Å²) in [6, 6.07) is 1.82. The zero-order valence-electron chi connectivity index (χ0n) is 9.70. The highest BCUT2D eigenvalue weighted by Crippen LogP contribution is 2.28. The van der Waals surface area contributed by atoms with Gasteiger partial charge in [0, 0.05) is 10.7 Å². The number of aryl methyl sites for hydroxylation is 1. The van der Waals surface area contributed by atoms with Gasteiger partial charge in [-0.2, -0.15) is 0 Å². The third-order valence-electron chi connectivity index (χ3n) is 2.60. The maximum Gasteiger partial charge on any atom is 0.251 e. The summed E-state index contributed by atoms with van der Waals surface area (Å²) >= 11 is 3.36. The Balaban J connectivity index is 1.77. The highest BCUT2D eigenvalue weighted by atomic mass is 79.9. The molecule has 0 atom stereocenters. The van der Waals surface area contributed by atoms with Gasteiger partial charge in [0.05, 0.1) is 6.61 Å². The molecule has 1 N–H and O–H groups in total. The molecular weight excluding hydrogens is 284 g/mol. The lowest BCUT2D eigenvalue weighted by Gasteiger charge is -2.06. The number of pyridine rings is 1. The molecule has 0 radical (unpaired) electrons. The molecule has 1 aliphatic rings. The molecule has 1 aliphatic carbocycles. The molecule has 92 valence electrons. The van der Waals surface area contributed by atoms with Gasteiger partial charge in [0.15, 0.2) is 0 Å². The Morgan fingerprint density at radius 1 is 1.65 bits per heavy atom. The van der Waals surface area contributed by atoms with Crippen LogP contribution in [0.3, 0.4) is 0 Å². The number of anilines is 1. The molecule has 1 fully saturated rings. The summed E-state index contributed by atoms with van der Waals surface area (Å²) in [5, 5.41) is 2.71. The third-order valence-corrected chi connectivity index (χ3v) is 3.43. The van der Waals surface area contributed by atoms with Crippen LogP contribution >= 0.6 is 15.9 Å². The number of ether oxygens (including phenoxy) is 1. The zero-order chi connectivity index (χ0) is 12.3. The number of hydrogen-bond donors (Lipinski definition) is 1. The smallest absolute Gasteiger partial charge is 0.251 e. The lowest BCUT2D eigenvalue weighted by atomic mass is 10.3. The Morgan fingerprint density at radius 2 is 2.41 bits per heavy atom. The lowest BCUT2D eigenvalue weighted by Crippen LogP contribution is -2.19. The molecular formula is C12H15BrN2O2. The molecule has 1 amide bonds. The molecule has 0 saturated heterocycles. The van der Waals surface area contributed by atoms with Crippen LogP contribution in [-0.2, 0) is 9.53 Å². The Kier molecular flexibility index (Phi) is 4.12. The third kappa shape index (κ3) is 4.09. The average Bonchev–Trinajstić information content (AvgIpc) is 3.07. The first-order chi connectivity index (χ1) is 8.15. The minimum atomic E-state index is -0.153. The normalized spacial score (nSPS) is 14.7. The van der Waals surface area contributed by atoms with Gasteiger partial charge in [0.2, 0.25) is 0 Å². The number of hydrogen-bond acceptors (Lipinski definition) is 3. The van der Waals surface area contributed by atoms with E-state index in [9.17, 15) is 4.79 Å². The van der Waals surface area contributed by atoms with E-state index in [4.69, 9.17) is 4.74 Å². The van der Waals surface area contributed by atoms with Crippen LogP contribution in [-0.4, -0.2) is 24.1 Å². The molecule has 1 saturated carbocycles. The minimum Gasteiger partial charge on any atom is -0.371 e. The fourth-order valence-electron chi connectivity index (χ4n) is 1.39. The van der Waals surface area contributed by atoms with E-state index in [0.29, 0.717) is 18.3 Å². The summed E-state index contributed by atoms with van der Waals surface area (Å²) in [5.74, 6) is 1.08. The van der Waals surface area contributed by atoms with Gasteiger partial charge in [0.25, 0.3) is 5.91 Å². The second kappa shape index (κ2) is 5.60. The minimum absolute atomic E-state index is 0.104. The van der Waals surface area contributed by atoms with E-state index in [-0.39, 0.29) is 12.5 Å². The molecule has 1 aromatic heterocycles. The number of nitrogens with one attached hydrogen (secondary N) is 1. The maximum atomic E-state index is 11.5. The van der Waals surface area contributed by atoms with Crippen molar-refractivity contribution in [1.29, 1.82) is 0 Å². The van der Waals surface area contributed by atoms with Crippen molar-refractivity contribution in [2.75, 3.05) is 18.5 Å². The summed E-state index contributed by atoms with van der Waals surface area (Å²) in [6.07, 6.45) is 4.14. The number of carbonyl (C=O) groups is 1. The van der Waals surface area contributed by atoms with Gasteiger partial charge in [-0.15, -0.1) is 0 Å². The monoisotopic (exact) mass is 298 g/mol. The van der Waals surface area contributed by atoms with Gasteiger partial charge in [-0.1, -0.05) is 0 Å². The predicted molar refractivity (Wildman–Crippen MR) is 68.8 cm³/mol. The summed E-state index contributed by atoms with van der Waals surface area (Å²) in [4.78, 5) is 15.6. The molecule has 2 rings (SSSR count). The number of nitrogens with zero attached hydrogens (tertiary/aromatic N) is 1. The topological polar surface area (TPSA) is 51.2 Å². The number of rotatable bonds is 5. The first-order valence-electron chi connectivity index (χ1n) is 5.65. The van der Waals surface area contributed by atoms with E-state index in [1.54, 1.807) is 6.20 Å². The van der Waals surface area contributed by atoms with Crippen molar-refractivity contribution in [2.45, 2.75) is 19.8 Å². The van der Waals surface area contributed by atoms with Crippen LogP contribution in [0.4, 0.5) is 5.82 Å². The highest BCUT2D eigenvalue weighted by Gasteiger charge is 2.21. The molecule has 0 spiro atoms. The summed E-state index contributed by atoms with van der Waals surface area (Å²) in [6.45, 7) is 2.75. The van der Waals surface area contributed by atoms with Gasteiger partial charge < -0.3 is 10.1 Å². The first kappa shape index (κ1) is 12.5. The van der Waals surface area contributed by atoms with Gasteiger partial charge in [0.1, 0.15) is 12.4 Å². The first-order valence-corrected chi connectivity index (χ1v) is 6.44. The predicted octanol–water partition coefficient (Wildman–Crippen LogP) is 2.52. The Hall–Kier alpha value is -0.940. The molecule has 0 bridgehead atoms. The standard InChI is InChI=1S/C12H15BrN2O2/c1-8-4-11(14-5-10(8)13)15-12(16)7-17-6-9-2-3-9/h4-5,9H,2-3,6-7H2,1H3,(H,14,15,16). The molecule has 1 aromatic rings. The van der Waals surface area contributed by atoms with Gasteiger partial charge >= 0.3 is 0 Å². The van der Waals surface area contributed by atoms with Gasteiger partial charge in [-0.3, -0.25) is 4.79 Å². The number of amides is 1. The fourth-order valence-corrected chi connectivity index (χ4v) is 1.61. The van der Waals surface area contributed by atoms with E-state index in [2.05, 4.69) is 26.2 Å². The molecule has 17 heavy (non-hydrogen) atoms. The largest absolute Gasteiger partial charge is 0.371 e. The fraction of sp³-hybridized carbons (Fsp3) is 0.500. The van der Waals surface area contributed by atoms with Gasteiger partial charge in [-0.05, 0) is 53.2 Å². The molecule has 0 unspecified atom stereocenters. The van der Waals surface area contributed by atoms with Crippen LogP contribution in [0.15, 0.2) is 16.7 Å². The van der Waals surface area contributed by atoms with E-state index >= 15 is 0 Å². The quantitative estimate of drug-likeness (QED) is 0.909. The SMILES string of the molecule is Cc1cc(NC(=O)COCC2CC2)ncc1Br. The zero-order valence-corrected chi connectivity index (χ0v) is 11.3. The van der Waals surface area contributed by atoms with Crippen molar-refractivity contribution in [2.24, 2.45) is 5.92 Å².